The number of rotatable bonds is 4. The van der Waals surface area contributed by atoms with Crippen LogP contribution in [0.1, 0.15) is 13.3 Å². The Balaban J connectivity index is 1.28. The molecule has 6 heterocycles. The van der Waals surface area contributed by atoms with Crippen molar-refractivity contribution < 1.29 is 13.5 Å². The molecule has 0 amide bonds. The molecule has 34 heavy (non-hydrogen) atoms. The van der Waals surface area contributed by atoms with Crippen molar-refractivity contribution in [3.05, 3.63) is 42.5 Å². The van der Waals surface area contributed by atoms with Crippen molar-refractivity contribution in [2.24, 2.45) is 0 Å². The molecular formula is C25H28F2N6O. The zero-order valence-electron chi connectivity index (χ0n) is 19.2. The van der Waals surface area contributed by atoms with E-state index in [1.54, 1.807) is 6.20 Å². The summed E-state index contributed by atoms with van der Waals surface area (Å²) in [6, 6.07) is 8.38. The number of fused-ring (bicyclic) bond motifs is 1. The Hall–Kier alpha value is -2.91. The molecule has 6 rings (SSSR count). The Labute approximate surface area is 197 Å². The Morgan fingerprint density at radius 3 is 2.50 bits per heavy atom. The average molecular weight is 467 g/mol. The molecule has 0 aliphatic carbocycles. The molecule has 3 aliphatic rings. The van der Waals surface area contributed by atoms with Crippen molar-refractivity contribution >= 4 is 22.7 Å². The molecule has 178 valence electrons. The summed E-state index contributed by atoms with van der Waals surface area (Å²) in [6.07, 6.45) is 2.57. The minimum Gasteiger partial charge on any atom is -0.378 e. The molecule has 0 radical (unpaired) electrons. The Bertz CT molecular complexity index is 1190. The van der Waals surface area contributed by atoms with Gasteiger partial charge in [-0.2, -0.15) is 0 Å². The highest BCUT2D eigenvalue weighted by atomic mass is 19.1. The fourth-order valence-corrected chi connectivity index (χ4v) is 5.21. The predicted octanol–water partition coefficient (Wildman–Crippen LogP) is 3.29. The molecule has 0 aromatic carbocycles. The molecule has 7 nitrogen and oxygen atoms in total. The lowest BCUT2D eigenvalue weighted by Crippen LogP contribution is -2.59. The minimum atomic E-state index is -0.856. The van der Waals surface area contributed by atoms with E-state index in [4.69, 9.17) is 14.7 Å². The van der Waals surface area contributed by atoms with E-state index in [-0.39, 0.29) is 0 Å². The van der Waals surface area contributed by atoms with Gasteiger partial charge in [0.15, 0.2) is 5.82 Å². The number of anilines is 2. The van der Waals surface area contributed by atoms with Crippen molar-refractivity contribution in [2.45, 2.75) is 31.6 Å². The van der Waals surface area contributed by atoms with Gasteiger partial charge in [-0.1, -0.05) is 0 Å². The van der Waals surface area contributed by atoms with Gasteiger partial charge in [-0.05, 0) is 37.6 Å². The van der Waals surface area contributed by atoms with Crippen LogP contribution < -0.4 is 9.80 Å². The SMILES string of the molecule is CC1CN(C2COC2)CCN1c1ccc(-c2c(F)cnc3ccc(N4CCC(F)C4)nc23)cn1. The number of hydrogen-bond acceptors (Lipinski definition) is 7. The molecule has 3 aromatic heterocycles. The maximum absolute atomic E-state index is 15.0. The third-order valence-electron chi connectivity index (χ3n) is 7.23. The number of halogens is 2. The van der Waals surface area contributed by atoms with Crippen LogP contribution in [0.4, 0.5) is 20.4 Å². The van der Waals surface area contributed by atoms with E-state index in [0.717, 1.165) is 38.7 Å². The van der Waals surface area contributed by atoms with Crippen LogP contribution >= 0.6 is 0 Å². The van der Waals surface area contributed by atoms with Crippen LogP contribution in [0.3, 0.4) is 0 Å². The second-order valence-electron chi connectivity index (χ2n) is 9.48. The first-order valence-corrected chi connectivity index (χ1v) is 12.0. The summed E-state index contributed by atoms with van der Waals surface area (Å²) in [6.45, 7) is 7.63. The standard InChI is InChI=1S/C25H28F2N6O/c1-16-12-31(19-14-34-15-19)8-9-33(16)22-4-2-17(10-29-22)24-20(27)11-28-21-3-5-23(30-25(21)24)32-7-6-18(26)13-32/h2-5,10-11,16,18-19H,6-9,12-15H2,1H3. The molecule has 2 atom stereocenters. The fraction of sp³-hybridized carbons (Fsp3) is 0.480. The summed E-state index contributed by atoms with van der Waals surface area (Å²) in [5, 5.41) is 0. The van der Waals surface area contributed by atoms with Crippen LogP contribution in [0.2, 0.25) is 0 Å². The smallest absolute Gasteiger partial charge is 0.151 e. The van der Waals surface area contributed by atoms with Crippen LogP contribution in [0.15, 0.2) is 36.7 Å². The molecule has 0 saturated carbocycles. The highest BCUT2D eigenvalue weighted by molar-refractivity contribution is 5.92. The molecule has 3 aliphatic heterocycles. The van der Waals surface area contributed by atoms with Gasteiger partial charge >= 0.3 is 0 Å². The van der Waals surface area contributed by atoms with E-state index >= 15 is 4.39 Å². The Morgan fingerprint density at radius 1 is 0.971 bits per heavy atom. The van der Waals surface area contributed by atoms with Gasteiger partial charge in [-0.3, -0.25) is 9.88 Å². The molecule has 0 spiro atoms. The van der Waals surface area contributed by atoms with Gasteiger partial charge in [0.1, 0.15) is 23.3 Å². The number of alkyl halides is 1. The first-order valence-electron chi connectivity index (χ1n) is 12.0. The van der Waals surface area contributed by atoms with Crippen LogP contribution in [0.5, 0.6) is 0 Å². The van der Waals surface area contributed by atoms with Crippen molar-refractivity contribution in [1.29, 1.82) is 0 Å². The van der Waals surface area contributed by atoms with E-state index < -0.39 is 12.0 Å². The highest BCUT2D eigenvalue weighted by Gasteiger charge is 2.32. The van der Waals surface area contributed by atoms with Crippen LogP contribution in [0.25, 0.3) is 22.2 Å². The zero-order chi connectivity index (χ0) is 23.2. The summed E-state index contributed by atoms with van der Waals surface area (Å²) in [7, 11) is 0. The normalized spacial score (nSPS) is 24.1. The Kier molecular flexibility index (Phi) is 5.53. The highest BCUT2D eigenvalue weighted by Crippen LogP contribution is 2.32. The molecule has 0 N–H and O–H groups in total. The van der Waals surface area contributed by atoms with Gasteiger partial charge in [0.2, 0.25) is 0 Å². The lowest BCUT2D eigenvalue weighted by molar-refractivity contribution is -0.0692. The van der Waals surface area contributed by atoms with E-state index in [1.165, 1.54) is 6.20 Å². The third kappa shape index (κ3) is 3.86. The van der Waals surface area contributed by atoms with E-state index in [9.17, 15) is 4.39 Å². The molecule has 3 fully saturated rings. The summed E-state index contributed by atoms with van der Waals surface area (Å²) < 4.78 is 34.1. The Morgan fingerprint density at radius 2 is 1.82 bits per heavy atom. The lowest BCUT2D eigenvalue weighted by Gasteiger charge is -2.46. The van der Waals surface area contributed by atoms with E-state index in [1.807, 2.05) is 29.2 Å². The van der Waals surface area contributed by atoms with Gasteiger partial charge in [0.05, 0.1) is 37.5 Å². The number of hydrogen-bond donors (Lipinski definition) is 0. The topological polar surface area (TPSA) is 57.6 Å². The van der Waals surface area contributed by atoms with Gasteiger partial charge in [-0.25, -0.2) is 18.7 Å². The zero-order valence-corrected chi connectivity index (χ0v) is 19.2. The molecular weight excluding hydrogens is 438 g/mol. The maximum Gasteiger partial charge on any atom is 0.151 e. The van der Waals surface area contributed by atoms with Gasteiger partial charge in [0.25, 0.3) is 0 Å². The van der Waals surface area contributed by atoms with Crippen LogP contribution in [0, 0.1) is 5.82 Å². The largest absolute Gasteiger partial charge is 0.378 e. The maximum atomic E-state index is 15.0. The summed E-state index contributed by atoms with van der Waals surface area (Å²) in [4.78, 5) is 20.3. The first-order chi connectivity index (χ1) is 16.6. The lowest BCUT2D eigenvalue weighted by atomic mass is 10.1. The molecule has 0 bridgehead atoms. The van der Waals surface area contributed by atoms with Gasteiger partial charge in [0, 0.05) is 49.5 Å². The molecule has 3 saturated heterocycles. The van der Waals surface area contributed by atoms with E-state index in [0.29, 0.717) is 59.6 Å². The van der Waals surface area contributed by atoms with E-state index in [2.05, 4.69) is 21.7 Å². The molecule has 3 aromatic rings. The average Bonchev–Trinajstić information content (AvgIpc) is 3.24. The van der Waals surface area contributed by atoms with Crippen LogP contribution in [-0.4, -0.2) is 84.0 Å². The number of ether oxygens (including phenoxy) is 1. The minimum absolute atomic E-state index is 0.312. The number of piperazine rings is 1. The monoisotopic (exact) mass is 466 g/mol. The second kappa shape index (κ2) is 8.70. The van der Waals surface area contributed by atoms with Crippen molar-refractivity contribution in [3.63, 3.8) is 0 Å². The molecule has 9 heteroatoms. The van der Waals surface area contributed by atoms with Crippen molar-refractivity contribution in [1.82, 2.24) is 19.9 Å². The summed E-state index contributed by atoms with van der Waals surface area (Å²) in [5.74, 6) is 1.09. The molecule has 2 unspecified atom stereocenters. The first kappa shape index (κ1) is 21.6. The van der Waals surface area contributed by atoms with Crippen molar-refractivity contribution in [2.75, 3.05) is 55.7 Å². The number of pyridine rings is 3. The van der Waals surface area contributed by atoms with Crippen molar-refractivity contribution in [3.8, 4) is 11.1 Å². The predicted molar refractivity (Wildman–Crippen MR) is 127 cm³/mol. The van der Waals surface area contributed by atoms with Crippen LogP contribution in [-0.2, 0) is 4.74 Å². The van der Waals surface area contributed by atoms with Gasteiger partial charge < -0.3 is 14.5 Å². The summed E-state index contributed by atoms with van der Waals surface area (Å²) in [5.41, 5.74) is 2.11. The van der Waals surface area contributed by atoms with Gasteiger partial charge in [-0.15, -0.1) is 0 Å². The number of aromatic nitrogens is 3. The summed E-state index contributed by atoms with van der Waals surface area (Å²) >= 11 is 0. The quantitative estimate of drug-likeness (QED) is 0.585. The fourth-order valence-electron chi connectivity index (χ4n) is 5.21. The third-order valence-corrected chi connectivity index (χ3v) is 7.23. The second-order valence-corrected chi connectivity index (χ2v) is 9.48. The number of nitrogens with zero attached hydrogens (tertiary/aromatic N) is 6.